The van der Waals surface area contributed by atoms with Crippen molar-refractivity contribution in [2.45, 2.75) is 32.4 Å². The topological polar surface area (TPSA) is 99.0 Å². The number of aryl methyl sites for hydroxylation is 1. The quantitative estimate of drug-likeness (QED) is 0.774. The lowest BCUT2D eigenvalue weighted by atomic mass is 10.1. The molecule has 26 heavy (non-hydrogen) atoms. The number of aromatic nitrogens is 3. The van der Waals surface area contributed by atoms with Gasteiger partial charge in [0.25, 0.3) is 0 Å². The molecule has 7 heteroatoms. The number of hydrogen-bond acceptors (Lipinski definition) is 6. The summed E-state index contributed by atoms with van der Waals surface area (Å²) in [6.45, 7) is 2.71. The molecule has 7 nitrogen and oxygen atoms in total. The summed E-state index contributed by atoms with van der Waals surface area (Å²) in [4.78, 5) is 4.03. The zero-order chi connectivity index (χ0) is 18.1. The van der Waals surface area contributed by atoms with Crippen molar-refractivity contribution < 1.29 is 9.47 Å². The number of fused-ring (bicyclic) bond motifs is 1. The SMILES string of the molecule is Cc1ccc2c(cnn2C2CCCCO2)c1Oc1cncc(C#N)c1N. The van der Waals surface area contributed by atoms with E-state index in [4.69, 9.17) is 20.5 Å². The first kappa shape index (κ1) is 16.4. The molecule has 1 aliphatic rings. The van der Waals surface area contributed by atoms with Crippen LogP contribution in [0.25, 0.3) is 10.9 Å². The van der Waals surface area contributed by atoms with Gasteiger partial charge in [-0.25, -0.2) is 4.68 Å². The van der Waals surface area contributed by atoms with Crippen molar-refractivity contribution in [2.24, 2.45) is 0 Å². The van der Waals surface area contributed by atoms with Crippen molar-refractivity contribution >= 4 is 16.6 Å². The van der Waals surface area contributed by atoms with Crippen LogP contribution in [0.15, 0.2) is 30.7 Å². The van der Waals surface area contributed by atoms with Crippen LogP contribution in [0.1, 0.15) is 36.6 Å². The van der Waals surface area contributed by atoms with Gasteiger partial charge in [-0.15, -0.1) is 0 Å². The highest BCUT2D eigenvalue weighted by atomic mass is 16.5. The number of nitrogen functional groups attached to an aromatic ring is 1. The molecule has 2 N–H and O–H groups in total. The third-order valence-corrected chi connectivity index (χ3v) is 4.64. The van der Waals surface area contributed by atoms with Gasteiger partial charge in [0.1, 0.15) is 11.8 Å². The molecule has 0 aliphatic carbocycles. The maximum absolute atomic E-state index is 9.13. The number of anilines is 1. The minimum atomic E-state index is -0.0505. The summed E-state index contributed by atoms with van der Waals surface area (Å²) < 4.78 is 13.8. The number of ether oxygens (including phenoxy) is 2. The number of pyridine rings is 1. The Balaban J connectivity index is 1.77. The third-order valence-electron chi connectivity index (χ3n) is 4.64. The average molecular weight is 349 g/mol. The Morgan fingerprint density at radius 1 is 1.31 bits per heavy atom. The second kappa shape index (κ2) is 6.65. The van der Waals surface area contributed by atoms with Gasteiger partial charge in [-0.3, -0.25) is 4.98 Å². The highest BCUT2D eigenvalue weighted by molar-refractivity contribution is 5.87. The molecular formula is C19H19N5O2. The third kappa shape index (κ3) is 2.74. The first-order valence-electron chi connectivity index (χ1n) is 8.59. The van der Waals surface area contributed by atoms with Crippen molar-refractivity contribution in [1.82, 2.24) is 14.8 Å². The molecule has 0 saturated carbocycles. The Morgan fingerprint density at radius 3 is 2.96 bits per heavy atom. The van der Waals surface area contributed by atoms with Crippen molar-refractivity contribution in [2.75, 3.05) is 12.3 Å². The molecular weight excluding hydrogens is 330 g/mol. The van der Waals surface area contributed by atoms with Gasteiger partial charge in [0.15, 0.2) is 12.0 Å². The Morgan fingerprint density at radius 2 is 2.19 bits per heavy atom. The largest absolute Gasteiger partial charge is 0.452 e. The zero-order valence-corrected chi connectivity index (χ0v) is 14.5. The minimum absolute atomic E-state index is 0.0505. The molecule has 0 amide bonds. The summed E-state index contributed by atoms with van der Waals surface area (Å²) in [7, 11) is 0. The van der Waals surface area contributed by atoms with E-state index in [9.17, 15) is 0 Å². The lowest BCUT2D eigenvalue weighted by Gasteiger charge is -2.23. The number of hydrogen-bond donors (Lipinski definition) is 1. The monoisotopic (exact) mass is 349 g/mol. The van der Waals surface area contributed by atoms with Crippen LogP contribution < -0.4 is 10.5 Å². The van der Waals surface area contributed by atoms with E-state index in [1.165, 1.54) is 12.4 Å². The van der Waals surface area contributed by atoms with Gasteiger partial charge in [-0.2, -0.15) is 10.4 Å². The van der Waals surface area contributed by atoms with Crippen molar-refractivity contribution in [3.05, 3.63) is 41.9 Å². The van der Waals surface area contributed by atoms with Crippen LogP contribution in [-0.2, 0) is 4.74 Å². The second-order valence-electron chi connectivity index (χ2n) is 6.37. The molecule has 1 atom stereocenters. The van der Waals surface area contributed by atoms with Crippen molar-refractivity contribution in [3.63, 3.8) is 0 Å². The maximum Gasteiger partial charge on any atom is 0.169 e. The predicted octanol–water partition coefficient (Wildman–Crippen LogP) is 3.69. The summed E-state index contributed by atoms with van der Waals surface area (Å²) in [5.74, 6) is 1.02. The number of rotatable bonds is 3. The lowest BCUT2D eigenvalue weighted by molar-refractivity contribution is -0.0366. The number of benzene rings is 1. The molecule has 4 rings (SSSR count). The molecule has 3 aromatic rings. The summed E-state index contributed by atoms with van der Waals surface area (Å²) in [5.41, 5.74) is 8.49. The Hall–Kier alpha value is -3.11. The molecule has 0 spiro atoms. The molecule has 2 aromatic heterocycles. The van der Waals surface area contributed by atoms with Gasteiger partial charge in [0, 0.05) is 12.8 Å². The fourth-order valence-electron chi connectivity index (χ4n) is 3.22. The van der Waals surface area contributed by atoms with E-state index in [2.05, 4.69) is 10.1 Å². The highest BCUT2D eigenvalue weighted by Crippen LogP contribution is 2.37. The first-order valence-corrected chi connectivity index (χ1v) is 8.59. The van der Waals surface area contributed by atoms with Gasteiger partial charge in [0.05, 0.1) is 34.5 Å². The van der Waals surface area contributed by atoms with Crippen LogP contribution >= 0.6 is 0 Å². The number of nitrogens with two attached hydrogens (primary N) is 1. The van der Waals surface area contributed by atoms with Crippen LogP contribution in [0.5, 0.6) is 11.5 Å². The van der Waals surface area contributed by atoms with E-state index in [0.717, 1.165) is 42.3 Å². The van der Waals surface area contributed by atoms with Gasteiger partial charge < -0.3 is 15.2 Å². The molecule has 0 bridgehead atoms. The highest BCUT2D eigenvalue weighted by Gasteiger charge is 2.21. The Kier molecular flexibility index (Phi) is 4.19. The van der Waals surface area contributed by atoms with E-state index in [0.29, 0.717) is 17.1 Å². The lowest BCUT2D eigenvalue weighted by Crippen LogP contribution is -2.18. The Labute approximate surface area is 151 Å². The molecule has 1 unspecified atom stereocenters. The van der Waals surface area contributed by atoms with E-state index >= 15 is 0 Å². The van der Waals surface area contributed by atoms with Gasteiger partial charge >= 0.3 is 0 Å². The van der Waals surface area contributed by atoms with Crippen LogP contribution in [0.4, 0.5) is 5.69 Å². The van der Waals surface area contributed by atoms with Gasteiger partial charge in [-0.05, 0) is 37.8 Å². The number of nitriles is 1. The maximum atomic E-state index is 9.13. The molecule has 1 saturated heterocycles. The van der Waals surface area contributed by atoms with E-state index < -0.39 is 0 Å². The second-order valence-corrected chi connectivity index (χ2v) is 6.37. The molecule has 1 fully saturated rings. The van der Waals surface area contributed by atoms with Crippen molar-refractivity contribution in [3.8, 4) is 17.6 Å². The summed E-state index contributed by atoms with van der Waals surface area (Å²) >= 11 is 0. The summed E-state index contributed by atoms with van der Waals surface area (Å²) in [5, 5.41) is 14.5. The molecule has 3 heterocycles. The van der Waals surface area contributed by atoms with Gasteiger partial charge in [-0.1, -0.05) is 6.07 Å². The average Bonchev–Trinajstić information content (AvgIpc) is 3.10. The van der Waals surface area contributed by atoms with Crippen LogP contribution in [0, 0.1) is 18.3 Å². The molecule has 1 aromatic carbocycles. The van der Waals surface area contributed by atoms with E-state index in [1.54, 1.807) is 6.20 Å². The molecule has 0 radical (unpaired) electrons. The smallest absolute Gasteiger partial charge is 0.169 e. The normalized spacial score (nSPS) is 17.2. The van der Waals surface area contributed by atoms with Gasteiger partial charge in [0.2, 0.25) is 0 Å². The fraction of sp³-hybridized carbons (Fsp3) is 0.316. The summed E-state index contributed by atoms with van der Waals surface area (Å²) in [6.07, 6.45) is 7.84. The van der Waals surface area contributed by atoms with Crippen LogP contribution in [0.3, 0.4) is 0 Å². The molecule has 1 aliphatic heterocycles. The van der Waals surface area contributed by atoms with E-state index in [1.807, 2.05) is 29.8 Å². The predicted molar refractivity (Wildman–Crippen MR) is 96.7 cm³/mol. The minimum Gasteiger partial charge on any atom is -0.452 e. The fourth-order valence-corrected chi connectivity index (χ4v) is 3.22. The zero-order valence-electron chi connectivity index (χ0n) is 14.5. The molecule has 132 valence electrons. The van der Waals surface area contributed by atoms with Crippen LogP contribution in [-0.4, -0.2) is 21.4 Å². The Bertz CT molecular complexity index is 999. The van der Waals surface area contributed by atoms with Crippen LogP contribution in [0.2, 0.25) is 0 Å². The van der Waals surface area contributed by atoms with E-state index in [-0.39, 0.29) is 11.9 Å². The van der Waals surface area contributed by atoms with Crippen molar-refractivity contribution in [1.29, 1.82) is 5.26 Å². The first-order chi connectivity index (χ1) is 12.7. The number of nitrogens with zero attached hydrogens (tertiary/aromatic N) is 4. The summed E-state index contributed by atoms with van der Waals surface area (Å²) in [6, 6.07) is 6.03. The standard InChI is InChI=1S/C19H19N5O2/c1-12-5-6-15-14(10-23-24(15)17-4-2-3-7-25-17)19(12)26-16-11-22-9-13(8-20)18(16)21/h5-6,9-11,17H,2-4,7H2,1H3,(H2,21,22).